The smallest absolute Gasteiger partial charge is 0.288 e. The van der Waals surface area contributed by atoms with Gasteiger partial charge in [0, 0.05) is 17.8 Å². The Morgan fingerprint density at radius 3 is 2.53 bits per heavy atom. The molecular formula is C12H17ClN2O2. The van der Waals surface area contributed by atoms with Crippen LogP contribution in [0, 0.1) is 16.0 Å². The van der Waals surface area contributed by atoms with Crippen molar-refractivity contribution in [2.45, 2.75) is 33.2 Å². The molecule has 0 amide bonds. The highest BCUT2D eigenvalue weighted by atomic mass is 35.5. The van der Waals surface area contributed by atoms with E-state index in [0.717, 1.165) is 12.1 Å². The van der Waals surface area contributed by atoms with Crippen molar-refractivity contribution in [1.82, 2.24) is 0 Å². The van der Waals surface area contributed by atoms with Crippen LogP contribution in [0.2, 0.25) is 5.02 Å². The molecule has 0 aliphatic carbocycles. The van der Waals surface area contributed by atoms with E-state index in [1.54, 1.807) is 12.1 Å². The lowest BCUT2D eigenvalue weighted by Crippen LogP contribution is -2.24. The lowest BCUT2D eigenvalue weighted by Gasteiger charge is -2.22. The molecule has 0 spiro atoms. The molecule has 5 heteroatoms. The Hall–Kier alpha value is -1.29. The second-order valence-electron chi connectivity index (χ2n) is 4.33. The molecule has 0 aliphatic heterocycles. The van der Waals surface area contributed by atoms with Crippen LogP contribution < -0.4 is 5.32 Å². The SMILES string of the molecule is CCC(Nc1ccc([N+](=O)[O-])c(Cl)c1)C(C)C. The van der Waals surface area contributed by atoms with Gasteiger partial charge in [0.2, 0.25) is 0 Å². The van der Waals surface area contributed by atoms with Crippen LogP contribution in [0.5, 0.6) is 0 Å². The third-order valence-electron chi connectivity index (χ3n) is 2.74. The Bertz CT molecular complexity index is 407. The van der Waals surface area contributed by atoms with Crippen molar-refractivity contribution < 1.29 is 4.92 Å². The van der Waals surface area contributed by atoms with Crippen LogP contribution in [0.4, 0.5) is 11.4 Å². The lowest BCUT2D eigenvalue weighted by atomic mass is 10.0. The van der Waals surface area contributed by atoms with Crippen molar-refractivity contribution >= 4 is 23.0 Å². The summed E-state index contributed by atoms with van der Waals surface area (Å²) in [5, 5.41) is 14.1. The molecule has 0 bridgehead atoms. The number of nitrogens with one attached hydrogen (secondary N) is 1. The summed E-state index contributed by atoms with van der Waals surface area (Å²) in [4.78, 5) is 10.1. The van der Waals surface area contributed by atoms with E-state index in [9.17, 15) is 10.1 Å². The molecule has 1 atom stereocenters. The summed E-state index contributed by atoms with van der Waals surface area (Å²) >= 11 is 5.85. The van der Waals surface area contributed by atoms with Crippen molar-refractivity contribution in [3.05, 3.63) is 33.3 Å². The minimum absolute atomic E-state index is 0.0604. The van der Waals surface area contributed by atoms with E-state index in [1.807, 2.05) is 0 Å². The van der Waals surface area contributed by atoms with Crippen molar-refractivity contribution in [3.63, 3.8) is 0 Å². The van der Waals surface area contributed by atoms with Gasteiger partial charge in [-0.15, -0.1) is 0 Å². The van der Waals surface area contributed by atoms with Gasteiger partial charge in [-0.3, -0.25) is 10.1 Å². The number of nitrogens with zero attached hydrogens (tertiary/aromatic N) is 1. The Morgan fingerprint density at radius 2 is 2.12 bits per heavy atom. The lowest BCUT2D eigenvalue weighted by molar-refractivity contribution is -0.384. The fourth-order valence-corrected chi connectivity index (χ4v) is 1.95. The number of halogens is 1. The first-order valence-corrected chi connectivity index (χ1v) is 6.04. The maximum absolute atomic E-state index is 10.6. The van der Waals surface area contributed by atoms with Crippen molar-refractivity contribution in [3.8, 4) is 0 Å². The van der Waals surface area contributed by atoms with Crippen LogP contribution in [0.15, 0.2) is 18.2 Å². The third-order valence-corrected chi connectivity index (χ3v) is 3.04. The van der Waals surface area contributed by atoms with Crippen LogP contribution >= 0.6 is 11.6 Å². The average molecular weight is 257 g/mol. The fourth-order valence-electron chi connectivity index (χ4n) is 1.70. The predicted molar refractivity (Wildman–Crippen MR) is 70.6 cm³/mol. The molecule has 94 valence electrons. The van der Waals surface area contributed by atoms with Gasteiger partial charge in [0.05, 0.1) is 4.92 Å². The Balaban J connectivity index is 2.87. The molecule has 4 nitrogen and oxygen atoms in total. The summed E-state index contributed by atoms with van der Waals surface area (Å²) in [6.45, 7) is 6.37. The van der Waals surface area contributed by atoms with Crippen molar-refractivity contribution in [2.24, 2.45) is 5.92 Å². The zero-order valence-corrected chi connectivity index (χ0v) is 11.0. The average Bonchev–Trinajstić information content (AvgIpc) is 2.24. The highest BCUT2D eigenvalue weighted by molar-refractivity contribution is 6.32. The summed E-state index contributed by atoms with van der Waals surface area (Å²) in [5.41, 5.74) is 0.760. The van der Waals surface area contributed by atoms with Gasteiger partial charge >= 0.3 is 0 Å². The Morgan fingerprint density at radius 1 is 1.47 bits per heavy atom. The largest absolute Gasteiger partial charge is 0.382 e. The number of nitro groups is 1. The van der Waals surface area contributed by atoms with Gasteiger partial charge in [0.15, 0.2) is 0 Å². The summed E-state index contributed by atoms with van der Waals surface area (Å²) < 4.78 is 0. The monoisotopic (exact) mass is 256 g/mol. The molecule has 1 aromatic rings. The van der Waals surface area contributed by atoms with Crippen molar-refractivity contribution in [2.75, 3.05) is 5.32 Å². The summed E-state index contributed by atoms with van der Waals surface area (Å²) in [5.74, 6) is 0.494. The van der Waals surface area contributed by atoms with Gasteiger partial charge in [-0.1, -0.05) is 32.4 Å². The number of nitro benzene ring substituents is 1. The molecule has 0 radical (unpaired) electrons. The molecule has 0 saturated heterocycles. The Labute approximate surface area is 106 Å². The number of rotatable bonds is 5. The van der Waals surface area contributed by atoms with E-state index in [4.69, 9.17) is 11.6 Å². The zero-order chi connectivity index (χ0) is 13.0. The topological polar surface area (TPSA) is 55.2 Å². The maximum Gasteiger partial charge on any atom is 0.288 e. The quantitative estimate of drug-likeness (QED) is 0.638. The maximum atomic E-state index is 10.6. The van der Waals surface area contributed by atoms with Gasteiger partial charge in [0.1, 0.15) is 5.02 Å². The minimum atomic E-state index is -0.480. The first-order valence-electron chi connectivity index (χ1n) is 5.66. The van der Waals surface area contributed by atoms with Gasteiger partial charge in [0.25, 0.3) is 5.69 Å². The third kappa shape index (κ3) is 3.60. The summed E-state index contributed by atoms with van der Waals surface area (Å²) in [7, 11) is 0. The van der Waals surface area contributed by atoms with E-state index in [0.29, 0.717) is 12.0 Å². The number of benzene rings is 1. The van der Waals surface area contributed by atoms with E-state index >= 15 is 0 Å². The second kappa shape index (κ2) is 5.87. The molecule has 0 aromatic heterocycles. The highest BCUT2D eigenvalue weighted by Crippen LogP contribution is 2.28. The predicted octanol–water partition coefficient (Wildman–Crippen LogP) is 4.09. The van der Waals surface area contributed by atoms with Crippen LogP contribution in [-0.2, 0) is 0 Å². The molecular weight excluding hydrogens is 240 g/mol. The molecule has 0 fully saturated rings. The molecule has 0 heterocycles. The van der Waals surface area contributed by atoms with Crippen LogP contribution in [0.1, 0.15) is 27.2 Å². The summed E-state index contributed by atoms with van der Waals surface area (Å²) in [6, 6.07) is 5.06. The normalized spacial score (nSPS) is 12.5. The van der Waals surface area contributed by atoms with Gasteiger partial charge in [-0.2, -0.15) is 0 Å². The number of hydrogen-bond acceptors (Lipinski definition) is 3. The van der Waals surface area contributed by atoms with Gasteiger partial charge in [-0.05, 0) is 24.5 Å². The summed E-state index contributed by atoms with van der Waals surface area (Å²) in [6.07, 6.45) is 0.992. The van der Waals surface area contributed by atoms with E-state index in [-0.39, 0.29) is 10.7 Å². The zero-order valence-electron chi connectivity index (χ0n) is 10.2. The van der Waals surface area contributed by atoms with Gasteiger partial charge < -0.3 is 5.32 Å². The minimum Gasteiger partial charge on any atom is -0.382 e. The highest BCUT2D eigenvalue weighted by Gasteiger charge is 2.15. The van der Waals surface area contributed by atoms with E-state index in [1.165, 1.54) is 6.07 Å². The molecule has 0 aliphatic rings. The number of anilines is 1. The first-order chi connectivity index (χ1) is 7.95. The van der Waals surface area contributed by atoms with Crippen LogP contribution in [-0.4, -0.2) is 11.0 Å². The second-order valence-corrected chi connectivity index (χ2v) is 4.73. The van der Waals surface area contributed by atoms with Crippen LogP contribution in [0.3, 0.4) is 0 Å². The van der Waals surface area contributed by atoms with Gasteiger partial charge in [-0.25, -0.2) is 0 Å². The van der Waals surface area contributed by atoms with Crippen molar-refractivity contribution in [1.29, 1.82) is 0 Å². The molecule has 1 rings (SSSR count). The van der Waals surface area contributed by atoms with Crippen LogP contribution in [0.25, 0.3) is 0 Å². The molecule has 0 saturated carbocycles. The number of hydrogen-bond donors (Lipinski definition) is 1. The standard InChI is InChI=1S/C12H17ClN2O2/c1-4-11(8(2)3)14-9-5-6-12(15(16)17)10(13)7-9/h5-8,11,14H,4H2,1-3H3. The van der Waals surface area contributed by atoms with E-state index < -0.39 is 4.92 Å². The Kier molecular flexibility index (Phi) is 4.75. The molecule has 1 unspecified atom stereocenters. The first kappa shape index (κ1) is 13.8. The fraction of sp³-hybridized carbons (Fsp3) is 0.500. The molecule has 1 aromatic carbocycles. The molecule has 1 N–H and O–H groups in total. The molecule has 17 heavy (non-hydrogen) atoms. The van der Waals surface area contributed by atoms with E-state index in [2.05, 4.69) is 26.1 Å².